The van der Waals surface area contributed by atoms with Crippen LogP contribution in [0, 0.1) is 13.8 Å². The van der Waals surface area contributed by atoms with Crippen LogP contribution in [0.3, 0.4) is 0 Å². The number of carboxylic acids is 1. The number of amides is 1. The molecule has 1 aliphatic heterocycles. The van der Waals surface area contributed by atoms with Crippen molar-refractivity contribution in [1.29, 1.82) is 0 Å². The van der Waals surface area contributed by atoms with E-state index >= 15 is 0 Å². The highest BCUT2D eigenvalue weighted by atomic mass is 35.5. The molecule has 0 radical (unpaired) electrons. The number of hydrogen-bond donors (Lipinski definition) is 1. The monoisotopic (exact) mass is 439 g/mol. The van der Waals surface area contributed by atoms with Gasteiger partial charge in [-0.05, 0) is 54.8 Å². The predicted molar refractivity (Wildman–Crippen MR) is 117 cm³/mol. The van der Waals surface area contributed by atoms with Crippen LogP contribution < -0.4 is 4.90 Å². The molecule has 0 atom stereocenters. The molecule has 2 heterocycles. The number of nitrogens with zero attached hydrogens (tertiary/aromatic N) is 3. The molecule has 31 heavy (non-hydrogen) atoms. The predicted octanol–water partition coefficient (Wildman–Crippen LogP) is 4.16. The van der Waals surface area contributed by atoms with Crippen molar-refractivity contribution >= 4 is 29.3 Å². The summed E-state index contributed by atoms with van der Waals surface area (Å²) < 4.78 is 5.38. The van der Waals surface area contributed by atoms with Crippen LogP contribution in [-0.4, -0.2) is 46.7 Å². The Hall–Kier alpha value is -3.32. The van der Waals surface area contributed by atoms with Crippen LogP contribution in [0.5, 0.6) is 0 Å². The molecule has 0 bridgehead atoms. The molecule has 0 aliphatic carbocycles. The zero-order valence-corrected chi connectivity index (χ0v) is 18.0. The molecule has 1 fully saturated rings. The minimum Gasteiger partial charge on any atom is -0.477 e. The summed E-state index contributed by atoms with van der Waals surface area (Å²) in [6.07, 6.45) is 0. The first-order chi connectivity index (χ1) is 14.8. The highest BCUT2D eigenvalue weighted by molar-refractivity contribution is 6.30. The van der Waals surface area contributed by atoms with Crippen LogP contribution in [0.2, 0.25) is 5.02 Å². The summed E-state index contributed by atoms with van der Waals surface area (Å²) in [6, 6.07) is 12.8. The summed E-state index contributed by atoms with van der Waals surface area (Å²) in [6.45, 7) is 5.59. The Morgan fingerprint density at radius 1 is 1.13 bits per heavy atom. The molecule has 0 spiro atoms. The summed E-state index contributed by atoms with van der Waals surface area (Å²) in [4.78, 5) is 28.2. The lowest BCUT2D eigenvalue weighted by Gasteiger charge is -2.34. The highest BCUT2D eigenvalue weighted by Crippen LogP contribution is 2.32. The molecule has 4 rings (SSSR count). The Balaban J connectivity index is 1.54. The van der Waals surface area contributed by atoms with Crippen molar-refractivity contribution in [3.8, 4) is 11.3 Å². The van der Waals surface area contributed by atoms with Gasteiger partial charge in [-0.25, -0.2) is 4.79 Å². The minimum atomic E-state index is -1.16. The lowest BCUT2D eigenvalue weighted by molar-refractivity contribution is -0.131. The zero-order valence-electron chi connectivity index (χ0n) is 17.3. The summed E-state index contributed by atoms with van der Waals surface area (Å²) in [5.74, 6) is -0.941. The summed E-state index contributed by atoms with van der Waals surface area (Å²) in [5, 5.41) is 14.3. The van der Waals surface area contributed by atoms with Gasteiger partial charge < -0.3 is 19.4 Å². The fraction of sp³-hybridized carbons (Fsp3) is 0.261. The highest BCUT2D eigenvalue weighted by Gasteiger charge is 2.32. The van der Waals surface area contributed by atoms with Gasteiger partial charge in [-0.2, -0.15) is 0 Å². The zero-order chi connectivity index (χ0) is 22.1. The molecule has 0 saturated carbocycles. The fourth-order valence-electron chi connectivity index (χ4n) is 3.67. The van der Waals surface area contributed by atoms with E-state index in [0.29, 0.717) is 30.2 Å². The van der Waals surface area contributed by atoms with Crippen molar-refractivity contribution in [2.45, 2.75) is 20.4 Å². The number of benzene rings is 2. The number of carboxylic acid groups (broad SMARTS) is 1. The van der Waals surface area contributed by atoms with Gasteiger partial charge in [-0.3, -0.25) is 4.79 Å². The molecule has 0 unspecified atom stereocenters. The number of carbonyl (C=O) groups is 2. The number of aromatic nitrogens is 1. The first-order valence-corrected chi connectivity index (χ1v) is 10.3. The molecule has 1 amide bonds. The van der Waals surface area contributed by atoms with E-state index in [2.05, 4.69) is 31.1 Å². The first kappa shape index (κ1) is 20.9. The largest absolute Gasteiger partial charge is 0.477 e. The van der Waals surface area contributed by atoms with Gasteiger partial charge in [0.2, 0.25) is 5.91 Å². The molecule has 1 N–H and O–H groups in total. The van der Waals surface area contributed by atoms with E-state index in [4.69, 9.17) is 16.1 Å². The van der Waals surface area contributed by atoms with E-state index in [1.165, 1.54) is 11.1 Å². The third-order valence-corrected chi connectivity index (χ3v) is 5.81. The van der Waals surface area contributed by atoms with Crippen molar-refractivity contribution in [3.05, 3.63) is 69.7 Å². The van der Waals surface area contributed by atoms with Crippen molar-refractivity contribution in [2.24, 2.45) is 0 Å². The van der Waals surface area contributed by atoms with Crippen LogP contribution in [-0.2, 0) is 11.3 Å². The molecule has 1 aliphatic rings. The van der Waals surface area contributed by atoms with E-state index in [0.717, 1.165) is 5.56 Å². The second-order valence-electron chi connectivity index (χ2n) is 7.68. The average Bonchev–Trinajstić information content (AvgIpc) is 3.18. The van der Waals surface area contributed by atoms with Crippen LogP contribution >= 0.6 is 11.6 Å². The molecular formula is C23H22ClN3O4. The number of aromatic carboxylic acids is 1. The third kappa shape index (κ3) is 4.27. The Kier molecular flexibility index (Phi) is 5.69. The van der Waals surface area contributed by atoms with Crippen LogP contribution in [0.1, 0.15) is 27.0 Å². The smallest absolute Gasteiger partial charge is 0.343 e. The third-order valence-electron chi connectivity index (χ3n) is 5.56. The maximum absolute atomic E-state index is 12.8. The number of aryl methyl sites for hydroxylation is 2. The Labute approximate surface area is 184 Å². The maximum Gasteiger partial charge on any atom is 0.343 e. The van der Waals surface area contributed by atoms with Gasteiger partial charge in [0.1, 0.15) is 0 Å². The topological polar surface area (TPSA) is 86.9 Å². The first-order valence-electron chi connectivity index (χ1n) is 9.91. The van der Waals surface area contributed by atoms with Gasteiger partial charge in [0.05, 0.1) is 6.54 Å². The van der Waals surface area contributed by atoms with Crippen LogP contribution in [0.25, 0.3) is 11.3 Å². The molecule has 3 aromatic rings. The Bertz CT molecular complexity index is 1140. The van der Waals surface area contributed by atoms with Gasteiger partial charge in [0.15, 0.2) is 17.1 Å². The number of hydrogen-bond acceptors (Lipinski definition) is 5. The van der Waals surface area contributed by atoms with E-state index in [1.807, 2.05) is 6.07 Å². The average molecular weight is 440 g/mol. The standard InChI is InChI=1S/C23H22ClN3O4/c1-14-3-4-16(11-15(14)2)12-26-9-10-27(13-19(26)28)22-20(23(29)30)21(31-25-22)17-5-7-18(24)8-6-17/h3-8,11H,9-10,12-13H2,1-2H3,(H,29,30). The quantitative estimate of drug-likeness (QED) is 0.642. The number of rotatable bonds is 5. The van der Waals surface area contributed by atoms with Crippen molar-refractivity contribution < 1.29 is 19.2 Å². The molecule has 2 aromatic carbocycles. The number of piperazine rings is 1. The SMILES string of the molecule is Cc1ccc(CN2CCN(c3noc(-c4ccc(Cl)cc4)c3C(=O)O)CC2=O)cc1C. The van der Waals surface area contributed by atoms with E-state index in [9.17, 15) is 14.7 Å². The molecule has 7 nitrogen and oxygen atoms in total. The van der Waals surface area contributed by atoms with Crippen LogP contribution in [0.15, 0.2) is 47.0 Å². The Morgan fingerprint density at radius 3 is 2.52 bits per heavy atom. The molecule has 160 valence electrons. The van der Waals surface area contributed by atoms with Gasteiger partial charge in [0.25, 0.3) is 0 Å². The number of anilines is 1. The molecule has 1 aromatic heterocycles. The van der Waals surface area contributed by atoms with Crippen molar-refractivity contribution in [1.82, 2.24) is 10.1 Å². The molecule has 1 saturated heterocycles. The summed E-state index contributed by atoms with van der Waals surface area (Å²) >= 11 is 5.92. The second-order valence-corrected chi connectivity index (χ2v) is 8.11. The lowest BCUT2D eigenvalue weighted by atomic mass is 10.1. The van der Waals surface area contributed by atoms with Gasteiger partial charge in [-0.1, -0.05) is 35.0 Å². The summed E-state index contributed by atoms with van der Waals surface area (Å²) in [7, 11) is 0. The molecular weight excluding hydrogens is 418 g/mol. The minimum absolute atomic E-state index is 0.0394. The number of halogens is 1. The van der Waals surface area contributed by atoms with Gasteiger partial charge >= 0.3 is 5.97 Å². The van der Waals surface area contributed by atoms with Crippen LogP contribution in [0.4, 0.5) is 5.82 Å². The Morgan fingerprint density at radius 2 is 1.87 bits per heavy atom. The fourth-order valence-corrected chi connectivity index (χ4v) is 3.79. The van der Waals surface area contributed by atoms with Gasteiger partial charge in [0, 0.05) is 30.2 Å². The second kappa shape index (κ2) is 8.43. The van der Waals surface area contributed by atoms with Crippen molar-refractivity contribution in [3.63, 3.8) is 0 Å². The number of carbonyl (C=O) groups excluding carboxylic acids is 1. The maximum atomic E-state index is 12.8. The normalized spacial score (nSPS) is 14.2. The van der Waals surface area contributed by atoms with Gasteiger partial charge in [-0.15, -0.1) is 0 Å². The molecule has 8 heteroatoms. The van der Waals surface area contributed by atoms with Crippen molar-refractivity contribution in [2.75, 3.05) is 24.5 Å². The van der Waals surface area contributed by atoms with E-state index < -0.39 is 5.97 Å². The van der Waals surface area contributed by atoms with E-state index in [-0.39, 0.29) is 29.6 Å². The van der Waals surface area contributed by atoms with E-state index in [1.54, 1.807) is 34.1 Å². The summed E-state index contributed by atoms with van der Waals surface area (Å²) in [5.41, 5.74) is 3.97. The lowest BCUT2D eigenvalue weighted by Crippen LogP contribution is -2.50.